The molecule has 0 bridgehead atoms. The van der Waals surface area contributed by atoms with Crippen molar-refractivity contribution in [3.8, 4) is 11.5 Å². The predicted molar refractivity (Wildman–Crippen MR) is 97.9 cm³/mol. The third-order valence-electron chi connectivity index (χ3n) is 3.14. The van der Waals surface area contributed by atoms with Gasteiger partial charge < -0.3 is 25.6 Å². The predicted octanol–water partition coefficient (Wildman–Crippen LogP) is 3.31. The van der Waals surface area contributed by atoms with Crippen LogP contribution >= 0.6 is 23.2 Å². The minimum absolute atomic E-state index is 0.116. The summed E-state index contributed by atoms with van der Waals surface area (Å²) in [5.74, 6) is -0.288. The Morgan fingerprint density at radius 3 is 2.44 bits per heavy atom. The molecule has 2 rings (SSSR count). The van der Waals surface area contributed by atoms with E-state index in [1.54, 1.807) is 12.1 Å². The highest BCUT2D eigenvalue weighted by Crippen LogP contribution is 2.36. The lowest BCUT2D eigenvalue weighted by Crippen LogP contribution is -2.14. The quantitative estimate of drug-likeness (QED) is 0.607. The number of carbonyl (C=O) groups excluding carboxylic acids is 1. The second kappa shape index (κ2) is 9.48. The molecule has 1 amide bonds. The molecule has 2 aromatic rings. The van der Waals surface area contributed by atoms with E-state index in [9.17, 15) is 9.90 Å². The van der Waals surface area contributed by atoms with Crippen molar-refractivity contribution >= 4 is 34.8 Å². The van der Waals surface area contributed by atoms with Crippen LogP contribution in [0.25, 0.3) is 0 Å². The summed E-state index contributed by atoms with van der Waals surface area (Å²) >= 11 is 12.3. The number of phenolic OH excluding ortho intramolecular Hbond substituents is 1. The zero-order valence-corrected chi connectivity index (χ0v) is 14.8. The summed E-state index contributed by atoms with van der Waals surface area (Å²) in [4.78, 5) is 12.2. The highest BCUT2D eigenvalue weighted by Gasteiger charge is 2.14. The fourth-order valence-electron chi connectivity index (χ4n) is 2.02. The summed E-state index contributed by atoms with van der Waals surface area (Å²) in [5, 5.41) is 12.8. The molecule has 0 heterocycles. The monoisotopic (exact) mass is 384 g/mol. The summed E-state index contributed by atoms with van der Waals surface area (Å²) in [6, 6.07) is 9.25. The molecule has 8 heteroatoms. The molecule has 0 saturated heterocycles. The van der Waals surface area contributed by atoms with Gasteiger partial charge in [0.25, 0.3) is 5.91 Å². The van der Waals surface area contributed by atoms with Gasteiger partial charge in [0.1, 0.15) is 12.4 Å². The van der Waals surface area contributed by atoms with Gasteiger partial charge in [-0.1, -0.05) is 35.3 Å². The zero-order chi connectivity index (χ0) is 18.2. The lowest BCUT2D eigenvalue weighted by atomic mass is 10.2. The minimum Gasteiger partial charge on any atom is -0.507 e. The number of anilines is 1. The van der Waals surface area contributed by atoms with Gasteiger partial charge in [-0.2, -0.15) is 0 Å². The molecule has 134 valence electrons. The maximum Gasteiger partial charge on any atom is 0.259 e. The van der Waals surface area contributed by atoms with Gasteiger partial charge in [0.15, 0.2) is 5.75 Å². The van der Waals surface area contributed by atoms with Crippen molar-refractivity contribution in [2.75, 3.05) is 31.7 Å². The van der Waals surface area contributed by atoms with E-state index in [1.165, 1.54) is 24.3 Å². The summed E-state index contributed by atoms with van der Waals surface area (Å²) in [6.07, 6.45) is 0. The molecule has 25 heavy (non-hydrogen) atoms. The fraction of sp³-hybridized carbons (Fsp3) is 0.235. The Kier molecular flexibility index (Phi) is 7.33. The van der Waals surface area contributed by atoms with Crippen LogP contribution in [0.2, 0.25) is 10.0 Å². The Balaban J connectivity index is 2.03. The van der Waals surface area contributed by atoms with Gasteiger partial charge in [-0.25, -0.2) is 0 Å². The molecule has 2 aromatic carbocycles. The van der Waals surface area contributed by atoms with Crippen molar-refractivity contribution in [3.63, 3.8) is 0 Å². The van der Waals surface area contributed by atoms with Crippen LogP contribution < -0.4 is 15.8 Å². The number of carbonyl (C=O) groups is 1. The van der Waals surface area contributed by atoms with Crippen LogP contribution in [0.3, 0.4) is 0 Å². The Morgan fingerprint density at radius 2 is 1.80 bits per heavy atom. The second-order valence-corrected chi connectivity index (χ2v) is 5.80. The van der Waals surface area contributed by atoms with Crippen LogP contribution in [-0.2, 0) is 4.74 Å². The summed E-state index contributed by atoms with van der Waals surface area (Å²) in [7, 11) is 0. The average molecular weight is 385 g/mol. The van der Waals surface area contributed by atoms with E-state index < -0.39 is 5.91 Å². The van der Waals surface area contributed by atoms with Crippen LogP contribution in [-0.4, -0.2) is 37.4 Å². The van der Waals surface area contributed by atoms with Gasteiger partial charge in [-0.15, -0.1) is 0 Å². The molecule has 0 radical (unpaired) electrons. The third kappa shape index (κ3) is 5.51. The fourth-order valence-corrected chi connectivity index (χ4v) is 2.62. The number of halogens is 2. The van der Waals surface area contributed by atoms with Crippen LogP contribution in [0.4, 0.5) is 5.69 Å². The van der Waals surface area contributed by atoms with E-state index in [2.05, 4.69) is 5.32 Å². The smallest absolute Gasteiger partial charge is 0.259 e. The van der Waals surface area contributed by atoms with Crippen molar-refractivity contribution in [3.05, 3.63) is 52.0 Å². The van der Waals surface area contributed by atoms with Crippen LogP contribution in [0.1, 0.15) is 10.4 Å². The Hall–Kier alpha value is -1.99. The van der Waals surface area contributed by atoms with Crippen molar-refractivity contribution in [2.45, 2.75) is 0 Å². The standard InChI is InChI=1S/C17H18Cl2N2O4/c18-13-9-11(21-17(23)12-3-1-2-4-15(12)22)10-14(19)16(13)25-8-7-24-6-5-20/h1-4,9-10,22H,5-8,20H2,(H,21,23). The van der Waals surface area contributed by atoms with Crippen LogP contribution in [0.15, 0.2) is 36.4 Å². The number of phenols is 1. The molecule has 0 unspecified atom stereocenters. The van der Waals surface area contributed by atoms with Crippen molar-refractivity contribution in [1.82, 2.24) is 0 Å². The largest absolute Gasteiger partial charge is 0.507 e. The number of hydrogen-bond acceptors (Lipinski definition) is 5. The Morgan fingerprint density at radius 1 is 1.12 bits per heavy atom. The van der Waals surface area contributed by atoms with Gasteiger partial charge in [0.05, 0.1) is 28.8 Å². The lowest BCUT2D eigenvalue weighted by Gasteiger charge is -2.13. The molecule has 0 atom stereocenters. The maximum absolute atomic E-state index is 12.2. The third-order valence-corrected chi connectivity index (χ3v) is 3.70. The molecule has 0 aliphatic carbocycles. The highest BCUT2D eigenvalue weighted by atomic mass is 35.5. The number of rotatable bonds is 8. The first-order chi connectivity index (χ1) is 12.0. The first-order valence-electron chi connectivity index (χ1n) is 7.52. The number of para-hydroxylation sites is 1. The van der Waals surface area contributed by atoms with Gasteiger partial charge in [0.2, 0.25) is 0 Å². The average Bonchev–Trinajstić information content (AvgIpc) is 2.57. The molecule has 0 fully saturated rings. The molecule has 0 aliphatic rings. The second-order valence-electron chi connectivity index (χ2n) is 4.99. The Bertz CT molecular complexity index is 717. The SMILES string of the molecule is NCCOCCOc1c(Cl)cc(NC(=O)c2ccccc2O)cc1Cl. The molecular weight excluding hydrogens is 367 g/mol. The van der Waals surface area contributed by atoms with E-state index >= 15 is 0 Å². The van der Waals surface area contributed by atoms with Crippen molar-refractivity contribution in [1.29, 1.82) is 0 Å². The lowest BCUT2D eigenvalue weighted by molar-refractivity contribution is 0.102. The highest BCUT2D eigenvalue weighted by molar-refractivity contribution is 6.37. The first kappa shape index (κ1) is 19.3. The molecule has 0 aliphatic heterocycles. The maximum atomic E-state index is 12.2. The molecule has 4 N–H and O–H groups in total. The molecule has 0 saturated carbocycles. The number of benzene rings is 2. The molecule has 6 nitrogen and oxygen atoms in total. The van der Waals surface area contributed by atoms with Gasteiger partial charge in [0, 0.05) is 12.2 Å². The summed E-state index contributed by atoms with van der Waals surface area (Å²) < 4.78 is 10.7. The van der Waals surface area contributed by atoms with E-state index in [1.807, 2.05) is 0 Å². The minimum atomic E-state index is -0.478. The normalized spacial score (nSPS) is 10.5. The zero-order valence-electron chi connectivity index (χ0n) is 13.3. The number of ether oxygens (including phenoxy) is 2. The summed E-state index contributed by atoms with van der Waals surface area (Å²) in [5.41, 5.74) is 5.85. The van der Waals surface area contributed by atoms with Gasteiger partial charge in [-0.05, 0) is 24.3 Å². The van der Waals surface area contributed by atoms with E-state index in [4.69, 9.17) is 38.4 Å². The number of aromatic hydroxyl groups is 1. The topological polar surface area (TPSA) is 93.8 Å². The van der Waals surface area contributed by atoms with Crippen LogP contribution in [0, 0.1) is 0 Å². The molecule has 0 spiro atoms. The first-order valence-corrected chi connectivity index (χ1v) is 8.27. The van der Waals surface area contributed by atoms with Crippen LogP contribution in [0.5, 0.6) is 11.5 Å². The number of nitrogens with one attached hydrogen (secondary N) is 1. The van der Waals surface area contributed by atoms with E-state index in [0.29, 0.717) is 31.2 Å². The van der Waals surface area contributed by atoms with Crippen molar-refractivity contribution < 1.29 is 19.4 Å². The summed E-state index contributed by atoms with van der Waals surface area (Å²) in [6.45, 7) is 1.51. The number of amides is 1. The molecular formula is C17H18Cl2N2O4. The number of hydrogen-bond donors (Lipinski definition) is 3. The molecule has 0 aromatic heterocycles. The Labute approximate surface area is 155 Å². The van der Waals surface area contributed by atoms with E-state index in [-0.39, 0.29) is 28.0 Å². The van der Waals surface area contributed by atoms with Gasteiger partial charge in [-0.3, -0.25) is 4.79 Å². The van der Waals surface area contributed by atoms with Gasteiger partial charge >= 0.3 is 0 Å². The van der Waals surface area contributed by atoms with Crippen molar-refractivity contribution in [2.24, 2.45) is 5.73 Å². The number of nitrogens with two attached hydrogens (primary N) is 1. The van der Waals surface area contributed by atoms with E-state index in [0.717, 1.165) is 0 Å².